The highest BCUT2D eigenvalue weighted by molar-refractivity contribution is 9.11. The Morgan fingerprint density at radius 1 is 1.43 bits per heavy atom. The zero-order chi connectivity index (χ0) is 9.97. The fourth-order valence-electron chi connectivity index (χ4n) is 1.56. The molecule has 76 valence electrons. The van der Waals surface area contributed by atoms with Crippen LogP contribution in [0.15, 0.2) is 9.98 Å². The molecule has 14 heavy (non-hydrogen) atoms. The lowest BCUT2D eigenvalue weighted by Crippen LogP contribution is -2.29. The molecule has 0 radical (unpaired) electrons. The Kier molecular flexibility index (Phi) is 3.18. The van der Waals surface area contributed by atoms with E-state index in [4.69, 9.17) is 0 Å². The summed E-state index contributed by atoms with van der Waals surface area (Å²) in [6.07, 6.45) is 5.66. The lowest BCUT2D eigenvalue weighted by Gasteiger charge is -2.16. The van der Waals surface area contributed by atoms with Gasteiger partial charge in [-0.25, -0.2) is 4.98 Å². The van der Waals surface area contributed by atoms with Gasteiger partial charge in [-0.15, -0.1) is 0 Å². The van der Waals surface area contributed by atoms with Crippen molar-refractivity contribution in [3.63, 3.8) is 0 Å². The van der Waals surface area contributed by atoms with Crippen LogP contribution in [0.5, 0.6) is 0 Å². The zero-order valence-corrected chi connectivity index (χ0v) is 10.1. The molecule has 1 aromatic heterocycles. The third kappa shape index (κ3) is 2.15. The Hall–Kier alpha value is -0.420. The van der Waals surface area contributed by atoms with Crippen molar-refractivity contribution in [2.45, 2.75) is 25.7 Å². The molecule has 0 aromatic carbocycles. The van der Waals surface area contributed by atoms with Crippen LogP contribution in [-0.4, -0.2) is 17.4 Å². The van der Waals surface area contributed by atoms with Crippen molar-refractivity contribution in [3.8, 4) is 0 Å². The molecule has 1 aromatic rings. The summed E-state index contributed by atoms with van der Waals surface area (Å²) in [5, 5.41) is 0.823. The molecule has 1 saturated heterocycles. The summed E-state index contributed by atoms with van der Waals surface area (Å²) in [4.78, 5) is 17.7. The number of carbonyl (C=O) groups excluding carboxylic acids is 1. The summed E-state index contributed by atoms with van der Waals surface area (Å²) in [7, 11) is 0. The molecule has 1 amide bonds. The largest absolute Gasteiger partial charge is 0.288 e. The summed E-state index contributed by atoms with van der Waals surface area (Å²) in [6.45, 7) is 0.818. The van der Waals surface area contributed by atoms with E-state index >= 15 is 0 Å². The summed E-state index contributed by atoms with van der Waals surface area (Å²) in [5.41, 5.74) is 0. The molecule has 0 atom stereocenters. The number of amides is 1. The van der Waals surface area contributed by atoms with Crippen LogP contribution < -0.4 is 4.90 Å². The summed E-state index contributed by atoms with van der Waals surface area (Å²) < 4.78 is 0.976. The first-order valence-electron chi connectivity index (χ1n) is 4.69. The predicted octanol–water partition coefficient (Wildman–Crippen LogP) is 2.81. The topological polar surface area (TPSA) is 33.2 Å². The van der Waals surface area contributed by atoms with E-state index in [-0.39, 0.29) is 5.91 Å². The van der Waals surface area contributed by atoms with Gasteiger partial charge in [0.1, 0.15) is 0 Å². The first-order valence-corrected chi connectivity index (χ1v) is 6.30. The van der Waals surface area contributed by atoms with Crippen LogP contribution in [0, 0.1) is 0 Å². The van der Waals surface area contributed by atoms with Crippen molar-refractivity contribution in [2.75, 3.05) is 11.4 Å². The van der Waals surface area contributed by atoms with Gasteiger partial charge in [0.25, 0.3) is 0 Å². The molecule has 1 aliphatic rings. The van der Waals surface area contributed by atoms with Gasteiger partial charge in [-0.05, 0) is 28.8 Å². The van der Waals surface area contributed by atoms with Gasteiger partial charge < -0.3 is 0 Å². The van der Waals surface area contributed by atoms with Crippen LogP contribution in [0.25, 0.3) is 0 Å². The summed E-state index contributed by atoms with van der Waals surface area (Å²) >= 11 is 4.87. The van der Waals surface area contributed by atoms with Crippen LogP contribution in [0.1, 0.15) is 25.7 Å². The second kappa shape index (κ2) is 4.40. The van der Waals surface area contributed by atoms with Gasteiger partial charge in [-0.3, -0.25) is 9.69 Å². The highest BCUT2D eigenvalue weighted by atomic mass is 79.9. The maximum absolute atomic E-state index is 11.7. The Labute approximate surface area is 95.3 Å². The lowest BCUT2D eigenvalue weighted by molar-refractivity contribution is -0.118. The molecule has 1 aliphatic heterocycles. The minimum Gasteiger partial charge on any atom is -0.288 e. The van der Waals surface area contributed by atoms with Crippen LogP contribution in [-0.2, 0) is 4.79 Å². The Morgan fingerprint density at radius 2 is 2.29 bits per heavy atom. The number of hydrogen-bond donors (Lipinski definition) is 0. The maximum Gasteiger partial charge on any atom is 0.228 e. The molecule has 0 saturated carbocycles. The zero-order valence-electron chi connectivity index (χ0n) is 7.70. The molecule has 5 heteroatoms. The fraction of sp³-hybridized carbons (Fsp3) is 0.556. The van der Waals surface area contributed by atoms with Gasteiger partial charge in [-0.2, -0.15) is 0 Å². The molecule has 2 rings (SSSR count). The molecule has 0 unspecified atom stereocenters. The van der Waals surface area contributed by atoms with Crippen molar-refractivity contribution in [1.82, 2.24) is 4.98 Å². The van der Waals surface area contributed by atoms with Crippen LogP contribution >= 0.6 is 27.3 Å². The predicted molar refractivity (Wildman–Crippen MR) is 60.6 cm³/mol. The first kappa shape index (κ1) is 10.1. The smallest absolute Gasteiger partial charge is 0.228 e. The van der Waals surface area contributed by atoms with Crippen molar-refractivity contribution < 1.29 is 4.79 Å². The average Bonchev–Trinajstić information content (AvgIpc) is 2.46. The SMILES string of the molecule is O=C1CCCCCN1c1ncc(Br)s1. The van der Waals surface area contributed by atoms with E-state index in [0.29, 0.717) is 6.42 Å². The van der Waals surface area contributed by atoms with Crippen molar-refractivity contribution in [3.05, 3.63) is 9.98 Å². The average molecular weight is 275 g/mol. The van der Waals surface area contributed by atoms with E-state index in [1.54, 1.807) is 6.20 Å². The Bertz CT molecular complexity index is 339. The monoisotopic (exact) mass is 274 g/mol. The molecule has 1 fully saturated rings. The Morgan fingerprint density at radius 3 is 3.00 bits per heavy atom. The molecule has 0 N–H and O–H groups in total. The second-order valence-corrected chi connectivity index (χ2v) is 5.69. The minimum atomic E-state index is 0.212. The molecule has 2 heterocycles. The van der Waals surface area contributed by atoms with E-state index in [1.165, 1.54) is 11.3 Å². The van der Waals surface area contributed by atoms with Crippen molar-refractivity contribution >= 4 is 38.3 Å². The fourth-order valence-corrected chi connectivity index (χ4v) is 2.78. The standard InChI is InChI=1S/C9H11BrN2OS/c10-7-6-11-9(14-7)12-5-3-1-2-4-8(12)13/h6H,1-5H2. The van der Waals surface area contributed by atoms with Gasteiger partial charge in [0.15, 0.2) is 5.13 Å². The quantitative estimate of drug-likeness (QED) is 0.789. The molecular formula is C9H11BrN2OS. The van der Waals surface area contributed by atoms with Crippen molar-refractivity contribution in [2.24, 2.45) is 0 Å². The number of rotatable bonds is 1. The minimum absolute atomic E-state index is 0.212. The van der Waals surface area contributed by atoms with Gasteiger partial charge in [0, 0.05) is 13.0 Å². The highest BCUT2D eigenvalue weighted by Crippen LogP contribution is 2.28. The van der Waals surface area contributed by atoms with E-state index in [1.807, 2.05) is 4.90 Å². The van der Waals surface area contributed by atoms with Crippen LogP contribution in [0.4, 0.5) is 5.13 Å². The molecule has 3 nitrogen and oxygen atoms in total. The van der Waals surface area contributed by atoms with E-state index in [9.17, 15) is 4.79 Å². The number of anilines is 1. The van der Waals surface area contributed by atoms with Crippen molar-refractivity contribution in [1.29, 1.82) is 0 Å². The number of aromatic nitrogens is 1. The maximum atomic E-state index is 11.7. The molecule has 0 aliphatic carbocycles. The van der Waals surface area contributed by atoms with Gasteiger partial charge in [0.2, 0.25) is 5.91 Å². The lowest BCUT2D eigenvalue weighted by atomic mass is 10.2. The third-order valence-corrected chi connectivity index (χ3v) is 3.77. The normalized spacial score (nSPS) is 18.4. The van der Waals surface area contributed by atoms with E-state index in [2.05, 4.69) is 20.9 Å². The second-order valence-electron chi connectivity index (χ2n) is 3.30. The summed E-state index contributed by atoms with van der Waals surface area (Å²) in [6, 6.07) is 0. The van der Waals surface area contributed by atoms with E-state index < -0.39 is 0 Å². The molecule has 0 bridgehead atoms. The third-order valence-electron chi connectivity index (χ3n) is 2.27. The van der Waals surface area contributed by atoms with Crippen LogP contribution in [0.2, 0.25) is 0 Å². The molecule has 0 spiro atoms. The molecular weight excluding hydrogens is 264 g/mol. The first-order chi connectivity index (χ1) is 6.77. The number of carbonyl (C=O) groups is 1. The van der Waals surface area contributed by atoms with Gasteiger partial charge in [-0.1, -0.05) is 17.8 Å². The van der Waals surface area contributed by atoms with Crippen LogP contribution in [0.3, 0.4) is 0 Å². The van der Waals surface area contributed by atoms with Gasteiger partial charge >= 0.3 is 0 Å². The number of nitrogens with zero attached hydrogens (tertiary/aromatic N) is 2. The van der Waals surface area contributed by atoms with Gasteiger partial charge in [0.05, 0.1) is 9.98 Å². The van der Waals surface area contributed by atoms with E-state index in [0.717, 1.165) is 34.7 Å². The summed E-state index contributed by atoms with van der Waals surface area (Å²) in [5.74, 6) is 0.212. The Balaban J connectivity index is 2.18. The number of hydrogen-bond acceptors (Lipinski definition) is 3. The number of thiazole rings is 1. The number of halogens is 1. The highest BCUT2D eigenvalue weighted by Gasteiger charge is 2.20.